The van der Waals surface area contributed by atoms with Gasteiger partial charge in [0.15, 0.2) is 22.4 Å². The van der Waals surface area contributed by atoms with Gasteiger partial charge in [-0.3, -0.25) is 9.69 Å². The van der Waals surface area contributed by atoms with E-state index in [2.05, 4.69) is 4.74 Å². The minimum Gasteiger partial charge on any atom is -0.490 e. The molecule has 1 aliphatic rings. The molecule has 1 saturated heterocycles. The van der Waals surface area contributed by atoms with Gasteiger partial charge >= 0.3 is 12.1 Å². The lowest BCUT2D eigenvalue weighted by Crippen LogP contribution is -2.27. The van der Waals surface area contributed by atoms with Crippen molar-refractivity contribution in [2.45, 2.75) is 13.1 Å². The number of halogens is 3. The lowest BCUT2D eigenvalue weighted by atomic mass is 10.1. The molecular weight excluding hydrogens is 479 g/mol. The molecule has 0 radical (unpaired) electrons. The predicted octanol–water partition coefficient (Wildman–Crippen LogP) is 5.06. The number of thiocarbonyl (C=S) groups is 1. The van der Waals surface area contributed by atoms with Crippen LogP contribution in [-0.2, 0) is 20.5 Å². The Morgan fingerprint density at radius 3 is 2.58 bits per heavy atom. The number of thioether (sulfide) groups is 1. The van der Waals surface area contributed by atoms with E-state index >= 15 is 0 Å². The largest absolute Gasteiger partial charge is 0.490 e. The number of amides is 1. The van der Waals surface area contributed by atoms with Crippen LogP contribution >= 0.6 is 24.0 Å². The summed E-state index contributed by atoms with van der Waals surface area (Å²) in [5.74, 6) is -0.424. The molecule has 33 heavy (non-hydrogen) atoms. The van der Waals surface area contributed by atoms with E-state index in [1.807, 2.05) is 0 Å². The number of nitrogens with zero attached hydrogens (tertiary/aromatic N) is 1. The highest BCUT2D eigenvalue weighted by Crippen LogP contribution is 2.39. The third-order valence-corrected chi connectivity index (χ3v) is 5.67. The van der Waals surface area contributed by atoms with E-state index in [1.54, 1.807) is 31.2 Å². The fraction of sp³-hybridized carbons (Fsp3) is 0.227. The second-order valence-corrected chi connectivity index (χ2v) is 8.24. The van der Waals surface area contributed by atoms with Crippen molar-refractivity contribution in [3.63, 3.8) is 0 Å². The number of benzene rings is 2. The van der Waals surface area contributed by atoms with Crippen molar-refractivity contribution in [1.82, 2.24) is 0 Å². The van der Waals surface area contributed by atoms with Crippen molar-refractivity contribution < 1.29 is 37.0 Å². The number of hydrogen-bond donors (Lipinski definition) is 0. The van der Waals surface area contributed by atoms with Crippen LogP contribution < -0.4 is 14.4 Å². The number of rotatable bonds is 7. The number of methoxy groups -OCH3 is 1. The van der Waals surface area contributed by atoms with Crippen molar-refractivity contribution in [2.24, 2.45) is 0 Å². The van der Waals surface area contributed by atoms with Crippen molar-refractivity contribution in [3.8, 4) is 11.5 Å². The molecule has 0 unspecified atom stereocenters. The molecule has 0 bridgehead atoms. The van der Waals surface area contributed by atoms with E-state index in [-0.39, 0.29) is 21.5 Å². The molecule has 0 spiro atoms. The summed E-state index contributed by atoms with van der Waals surface area (Å²) < 4.78 is 54.8. The molecule has 1 amide bonds. The first-order chi connectivity index (χ1) is 15.6. The molecule has 11 heteroatoms. The molecular formula is C22H18F3NO5S2. The number of carbonyl (C=O) groups excluding carboxylic acids is 2. The van der Waals surface area contributed by atoms with E-state index in [9.17, 15) is 22.8 Å². The Morgan fingerprint density at radius 2 is 1.91 bits per heavy atom. The van der Waals surface area contributed by atoms with Crippen molar-refractivity contribution in [3.05, 3.63) is 58.5 Å². The predicted molar refractivity (Wildman–Crippen MR) is 122 cm³/mol. The van der Waals surface area contributed by atoms with Crippen LogP contribution in [0.4, 0.5) is 18.9 Å². The lowest BCUT2D eigenvalue weighted by molar-refractivity contribution is -0.143. The number of anilines is 1. The molecule has 174 valence electrons. The third-order valence-electron chi connectivity index (χ3n) is 4.36. The molecule has 1 heterocycles. The van der Waals surface area contributed by atoms with Crippen molar-refractivity contribution >= 4 is 51.9 Å². The Balaban J connectivity index is 1.87. The summed E-state index contributed by atoms with van der Waals surface area (Å²) in [4.78, 5) is 25.6. The minimum absolute atomic E-state index is 0.0392. The first-order valence-corrected chi connectivity index (χ1v) is 10.8. The summed E-state index contributed by atoms with van der Waals surface area (Å²) in [6.07, 6.45) is -2.99. The Labute approximate surface area is 197 Å². The standard InChI is InChI=1S/C22H18F3NO5S2/c1-3-30-17-9-13(7-8-16(17)31-12-19(27)29-2)10-18-20(28)26(21(32)33-18)15-6-4-5-14(11-15)22(23,24)25/h4-11H,3,12H2,1-2H3. The van der Waals surface area contributed by atoms with E-state index in [0.29, 0.717) is 23.7 Å². The van der Waals surface area contributed by atoms with E-state index < -0.39 is 23.6 Å². The number of esters is 1. The van der Waals surface area contributed by atoms with Gasteiger partial charge in [0.2, 0.25) is 0 Å². The highest BCUT2D eigenvalue weighted by Gasteiger charge is 2.36. The van der Waals surface area contributed by atoms with Gasteiger partial charge in [0.1, 0.15) is 0 Å². The Morgan fingerprint density at radius 1 is 1.15 bits per heavy atom. The Hall–Kier alpha value is -3.05. The van der Waals surface area contributed by atoms with Gasteiger partial charge in [-0.15, -0.1) is 0 Å². The fourth-order valence-electron chi connectivity index (χ4n) is 2.86. The second kappa shape index (κ2) is 10.3. The van der Waals surface area contributed by atoms with Crippen molar-refractivity contribution in [2.75, 3.05) is 25.2 Å². The smallest absolute Gasteiger partial charge is 0.416 e. The van der Waals surface area contributed by atoms with E-state index in [0.717, 1.165) is 28.8 Å². The number of alkyl halides is 3. The molecule has 1 aliphatic heterocycles. The van der Waals surface area contributed by atoms with Crippen LogP contribution in [-0.4, -0.2) is 36.5 Å². The summed E-state index contributed by atoms with van der Waals surface area (Å²) in [7, 11) is 1.24. The van der Waals surface area contributed by atoms with Gasteiger partial charge < -0.3 is 14.2 Å². The average molecular weight is 498 g/mol. The van der Waals surface area contributed by atoms with Gasteiger partial charge in [0.25, 0.3) is 5.91 Å². The van der Waals surface area contributed by atoms with E-state index in [4.69, 9.17) is 21.7 Å². The SMILES string of the molecule is CCOc1cc(C=C2SC(=S)N(c3cccc(C(F)(F)F)c3)C2=O)ccc1OCC(=O)OC. The van der Waals surface area contributed by atoms with Crippen LogP contribution in [0.1, 0.15) is 18.1 Å². The van der Waals surface area contributed by atoms with E-state index in [1.165, 1.54) is 19.2 Å². The maximum Gasteiger partial charge on any atom is 0.416 e. The maximum atomic E-state index is 13.1. The zero-order chi connectivity index (χ0) is 24.2. The van der Waals surface area contributed by atoms with Gasteiger partial charge in [-0.1, -0.05) is 36.1 Å². The first kappa shape index (κ1) is 24.6. The fourth-order valence-corrected chi connectivity index (χ4v) is 4.16. The number of hydrogen-bond acceptors (Lipinski definition) is 7. The molecule has 0 saturated carbocycles. The number of carbonyl (C=O) groups is 2. The van der Waals surface area contributed by atoms with Gasteiger partial charge in [-0.05, 0) is 48.9 Å². The highest BCUT2D eigenvalue weighted by molar-refractivity contribution is 8.27. The topological polar surface area (TPSA) is 65.1 Å². The molecule has 1 fully saturated rings. The molecule has 2 aromatic carbocycles. The monoisotopic (exact) mass is 497 g/mol. The number of ether oxygens (including phenoxy) is 3. The molecule has 6 nitrogen and oxygen atoms in total. The summed E-state index contributed by atoms with van der Waals surface area (Å²) in [6.45, 7) is 1.80. The van der Waals surface area contributed by atoms with Gasteiger partial charge in [0.05, 0.1) is 29.9 Å². The van der Waals surface area contributed by atoms with Crippen LogP contribution in [0.15, 0.2) is 47.4 Å². The third kappa shape index (κ3) is 5.85. The maximum absolute atomic E-state index is 13.1. The highest BCUT2D eigenvalue weighted by atomic mass is 32.2. The Bertz CT molecular complexity index is 1120. The van der Waals surface area contributed by atoms with Crippen LogP contribution in [0.5, 0.6) is 11.5 Å². The molecule has 3 rings (SSSR count). The second-order valence-electron chi connectivity index (χ2n) is 6.57. The zero-order valence-electron chi connectivity index (χ0n) is 17.5. The minimum atomic E-state index is -4.54. The van der Waals surface area contributed by atoms with Crippen molar-refractivity contribution in [1.29, 1.82) is 0 Å². The summed E-state index contributed by atoms with van der Waals surface area (Å²) >= 11 is 6.23. The summed E-state index contributed by atoms with van der Waals surface area (Å²) in [6, 6.07) is 9.27. The summed E-state index contributed by atoms with van der Waals surface area (Å²) in [5.41, 5.74) is -0.257. The lowest BCUT2D eigenvalue weighted by Gasteiger charge is -2.16. The Kier molecular flexibility index (Phi) is 7.65. The molecule has 0 atom stereocenters. The van der Waals surface area contributed by atoms with Crippen LogP contribution in [0.25, 0.3) is 6.08 Å². The molecule has 0 aliphatic carbocycles. The van der Waals surface area contributed by atoms with Gasteiger partial charge in [-0.25, -0.2) is 4.79 Å². The van der Waals surface area contributed by atoms with Crippen LogP contribution in [0, 0.1) is 0 Å². The molecule has 0 aromatic heterocycles. The van der Waals surface area contributed by atoms with Gasteiger partial charge in [-0.2, -0.15) is 13.2 Å². The zero-order valence-corrected chi connectivity index (χ0v) is 19.1. The first-order valence-electron chi connectivity index (χ1n) is 9.55. The summed E-state index contributed by atoms with van der Waals surface area (Å²) in [5, 5.41) is 0. The molecule has 0 N–H and O–H groups in total. The normalized spacial score (nSPS) is 15.2. The average Bonchev–Trinajstić information content (AvgIpc) is 3.05. The molecule has 2 aromatic rings. The quantitative estimate of drug-likeness (QED) is 0.301. The van der Waals surface area contributed by atoms with Crippen LogP contribution in [0.3, 0.4) is 0 Å². The van der Waals surface area contributed by atoms with Crippen LogP contribution in [0.2, 0.25) is 0 Å². The van der Waals surface area contributed by atoms with Gasteiger partial charge in [0, 0.05) is 0 Å².